The summed E-state index contributed by atoms with van der Waals surface area (Å²) in [6.07, 6.45) is -1.10. The Morgan fingerprint density at radius 1 is 0.720 bits per heavy atom. The molecule has 0 aliphatic rings. The van der Waals surface area contributed by atoms with Crippen LogP contribution in [0.2, 0.25) is 0 Å². The summed E-state index contributed by atoms with van der Waals surface area (Å²) in [5, 5.41) is 0. The number of ketones is 2. The molecule has 0 amide bonds. The van der Waals surface area contributed by atoms with Gasteiger partial charge in [0.1, 0.15) is 0 Å². The van der Waals surface area contributed by atoms with Crippen molar-refractivity contribution in [2.45, 2.75) is 40.0 Å². The van der Waals surface area contributed by atoms with E-state index in [0.29, 0.717) is 0 Å². The minimum Gasteiger partial charge on any atom is -0.465 e. The predicted octanol–water partition coefficient (Wildman–Crippen LogP) is -0.346. The number of esters is 5. The first-order chi connectivity index (χ1) is 11.5. The Bertz CT molecular complexity index is 589. The molecule has 138 valence electrons. The minimum atomic E-state index is -1.31. The first-order valence-electron chi connectivity index (χ1n) is 7.19. The van der Waals surface area contributed by atoms with Gasteiger partial charge >= 0.3 is 29.8 Å². The van der Waals surface area contributed by atoms with E-state index in [-0.39, 0.29) is 19.4 Å². The highest BCUT2D eigenvalue weighted by atomic mass is 16.6. The summed E-state index contributed by atoms with van der Waals surface area (Å²) in [5.41, 5.74) is 0. The molecule has 0 aliphatic carbocycles. The summed E-state index contributed by atoms with van der Waals surface area (Å²) in [6, 6.07) is 0. The van der Waals surface area contributed by atoms with Crippen LogP contribution in [0, 0.1) is 5.92 Å². The quantitative estimate of drug-likeness (QED) is 0.232. The third-order valence-electron chi connectivity index (χ3n) is 2.57. The second-order valence-electron chi connectivity index (χ2n) is 5.13. The lowest BCUT2D eigenvalue weighted by Crippen LogP contribution is -2.22. The van der Waals surface area contributed by atoms with Gasteiger partial charge in [-0.15, -0.1) is 0 Å². The SMILES string of the molecule is CC(=O)C(=O)OC(=O)CCC(=O)OCC(C)CC(=O)OC(=O)C(C)=O. The molecule has 0 spiro atoms. The van der Waals surface area contributed by atoms with Gasteiger partial charge < -0.3 is 14.2 Å². The number of Topliss-reactive ketones (excluding diaryl/α,β-unsaturated/α-hetero) is 2. The maximum absolute atomic E-state index is 11.4. The van der Waals surface area contributed by atoms with E-state index in [1.54, 1.807) is 0 Å². The molecule has 0 saturated carbocycles. The topological polar surface area (TPSA) is 147 Å². The van der Waals surface area contributed by atoms with Gasteiger partial charge in [0.25, 0.3) is 0 Å². The summed E-state index contributed by atoms with van der Waals surface area (Å²) in [6.45, 7) is 3.23. The molecule has 0 fully saturated rings. The predicted molar refractivity (Wildman–Crippen MR) is 77.5 cm³/mol. The summed E-state index contributed by atoms with van der Waals surface area (Å²) < 4.78 is 13.2. The fraction of sp³-hybridized carbons (Fsp3) is 0.533. The molecule has 25 heavy (non-hydrogen) atoms. The van der Waals surface area contributed by atoms with E-state index in [1.165, 1.54) is 6.92 Å². The summed E-state index contributed by atoms with van der Waals surface area (Å²) in [5.74, 6) is -7.71. The van der Waals surface area contributed by atoms with Gasteiger partial charge in [0, 0.05) is 19.8 Å². The van der Waals surface area contributed by atoms with Gasteiger partial charge in [-0.05, 0) is 0 Å². The number of carbonyl (C=O) groups excluding carboxylic acids is 7. The van der Waals surface area contributed by atoms with Crippen LogP contribution in [0.1, 0.15) is 40.0 Å². The zero-order valence-electron chi connectivity index (χ0n) is 14.0. The fourth-order valence-electron chi connectivity index (χ4n) is 1.30. The first kappa shape index (κ1) is 22.1. The largest absolute Gasteiger partial charge is 0.465 e. The monoisotopic (exact) mass is 358 g/mol. The Kier molecular flexibility index (Phi) is 9.53. The van der Waals surface area contributed by atoms with Gasteiger partial charge in [-0.1, -0.05) is 6.92 Å². The Labute approximate surface area is 142 Å². The molecule has 0 saturated heterocycles. The summed E-state index contributed by atoms with van der Waals surface area (Å²) in [4.78, 5) is 76.9. The molecule has 0 heterocycles. The van der Waals surface area contributed by atoms with E-state index in [0.717, 1.165) is 13.8 Å². The first-order valence-corrected chi connectivity index (χ1v) is 7.19. The highest BCUT2D eigenvalue weighted by Gasteiger charge is 2.19. The molecule has 10 nitrogen and oxygen atoms in total. The third-order valence-corrected chi connectivity index (χ3v) is 2.57. The summed E-state index contributed by atoms with van der Waals surface area (Å²) >= 11 is 0. The van der Waals surface area contributed by atoms with Crippen LogP contribution in [-0.4, -0.2) is 48.0 Å². The number of hydrogen-bond donors (Lipinski definition) is 0. The van der Waals surface area contributed by atoms with Crippen LogP contribution < -0.4 is 0 Å². The molecular formula is C15H18O10. The lowest BCUT2D eigenvalue weighted by Gasteiger charge is -2.10. The third kappa shape index (κ3) is 10.5. The lowest BCUT2D eigenvalue weighted by atomic mass is 10.1. The van der Waals surface area contributed by atoms with Crippen LogP contribution in [0.25, 0.3) is 0 Å². The Morgan fingerprint density at radius 2 is 1.16 bits per heavy atom. The zero-order chi connectivity index (χ0) is 19.6. The molecule has 0 rings (SSSR count). The molecule has 0 aromatic heterocycles. The van der Waals surface area contributed by atoms with Crippen LogP contribution >= 0.6 is 0 Å². The van der Waals surface area contributed by atoms with Gasteiger partial charge in [0.05, 0.1) is 25.9 Å². The van der Waals surface area contributed by atoms with Crippen molar-refractivity contribution >= 4 is 41.4 Å². The van der Waals surface area contributed by atoms with Crippen LogP contribution in [0.3, 0.4) is 0 Å². The Morgan fingerprint density at radius 3 is 1.64 bits per heavy atom. The van der Waals surface area contributed by atoms with Crippen LogP contribution in [-0.2, 0) is 47.8 Å². The smallest absolute Gasteiger partial charge is 0.381 e. The van der Waals surface area contributed by atoms with Gasteiger partial charge in [0.2, 0.25) is 11.6 Å². The van der Waals surface area contributed by atoms with Crippen molar-refractivity contribution in [3.63, 3.8) is 0 Å². The van der Waals surface area contributed by atoms with Crippen LogP contribution in [0.15, 0.2) is 0 Å². The average molecular weight is 358 g/mol. The van der Waals surface area contributed by atoms with E-state index in [9.17, 15) is 33.6 Å². The maximum atomic E-state index is 11.4. The van der Waals surface area contributed by atoms with Crippen molar-refractivity contribution in [2.75, 3.05) is 6.61 Å². The number of hydrogen-bond acceptors (Lipinski definition) is 10. The molecule has 0 aliphatic heterocycles. The van der Waals surface area contributed by atoms with Crippen LogP contribution in [0.4, 0.5) is 0 Å². The highest BCUT2D eigenvalue weighted by molar-refractivity contribution is 6.34. The molecule has 0 aromatic carbocycles. The maximum Gasteiger partial charge on any atom is 0.381 e. The molecular weight excluding hydrogens is 340 g/mol. The van der Waals surface area contributed by atoms with E-state index in [2.05, 4.69) is 9.47 Å². The zero-order valence-corrected chi connectivity index (χ0v) is 14.0. The van der Waals surface area contributed by atoms with Gasteiger partial charge in [0.15, 0.2) is 0 Å². The number of ether oxygens (including phenoxy) is 3. The van der Waals surface area contributed by atoms with Gasteiger partial charge in [-0.2, -0.15) is 0 Å². The van der Waals surface area contributed by atoms with Crippen molar-refractivity contribution in [1.29, 1.82) is 0 Å². The molecule has 1 atom stereocenters. The second kappa shape index (κ2) is 10.8. The van der Waals surface area contributed by atoms with E-state index in [4.69, 9.17) is 4.74 Å². The van der Waals surface area contributed by atoms with Crippen LogP contribution in [0.5, 0.6) is 0 Å². The van der Waals surface area contributed by atoms with Crippen molar-refractivity contribution in [2.24, 2.45) is 5.92 Å². The molecule has 1 unspecified atom stereocenters. The molecule has 0 bridgehead atoms. The average Bonchev–Trinajstić information content (AvgIpc) is 2.50. The minimum absolute atomic E-state index is 0.191. The standard InChI is InChI=1S/C15H18O10/c1-8(6-13(20)25-15(22)10(3)17)7-23-11(18)4-5-12(19)24-14(21)9(2)16/h8H,4-7H2,1-3H3. The normalized spacial score (nSPS) is 11.0. The van der Waals surface area contributed by atoms with Crippen molar-refractivity contribution in [1.82, 2.24) is 0 Å². The Balaban J connectivity index is 4.05. The Hall–Kier alpha value is -2.91. The second-order valence-corrected chi connectivity index (χ2v) is 5.13. The van der Waals surface area contributed by atoms with Gasteiger partial charge in [-0.25, -0.2) is 9.59 Å². The van der Waals surface area contributed by atoms with Crippen molar-refractivity contribution in [3.05, 3.63) is 0 Å². The molecule has 0 N–H and O–H groups in total. The number of carbonyl (C=O) groups is 7. The van der Waals surface area contributed by atoms with Crippen molar-refractivity contribution < 1.29 is 47.8 Å². The summed E-state index contributed by atoms with van der Waals surface area (Å²) in [7, 11) is 0. The lowest BCUT2D eigenvalue weighted by molar-refractivity contribution is -0.165. The fourth-order valence-corrected chi connectivity index (χ4v) is 1.30. The molecule has 0 aromatic rings. The number of rotatable bonds is 9. The van der Waals surface area contributed by atoms with E-state index in [1.807, 2.05) is 0 Å². The molecule has 10 heteroatoms. The highest BCUT2D eigenvalue weighted by Crippen LogP contribution is 2.06. The van der Waals surface area contributed by atoms with Crippen molar-refractivity contribution in [3.8, 4) is 0 Å². The van der Waals surface area contributed by atoms with Gasteiger partial charge in [-0.3, -0.25) is 24.0 Å². The van der Waals surface area contributed by atoms with E-state index < -0.39 is 53.8 Å². The van der Waals surface area contributed by atoms with E-state index >= 15 is 0 Å². The molecule has 0 radical (unpaired) electrons.